The average molecular weight is 272 g/mol. The number of ketones is 1. The Morgan fingerprint density at radius 3 is 2.63 bits per heavy atom. The topological polar surface area (TPSA) is 29.1 Å². The van der Waals surface area contributed by atoms with Crippen LogP contribution in [0.25, 0.3) is 0 Å². The molecule has 1 unspecified atom stereocenters. The van der Waals surface area contributed by atoms with Crippen molar-refractivity contribution >= 4 is 23.1 Å². The van der Waals surface area contributed by atoms with Crippen molar-refractivity contribution in [2.45, 2.75) is 12.3 Å². The average Bonchev–Trinajstić information content (AvgIpc) is 2.47. The number of carbonyl (C=O) groups is 1. The van der Waals surface area contributed by atoms with Gasteiger partial charge < -0.3 is 5.32 Å². The Hall–Kier alpha value is -1.80. The summed E-state index contributed by atoms with van der Waals surface area (Å²) in [7, 11) is 0. The number of carbonyl (C=O) groups excluding carboxylic acids is 1. The third-order valence-electron chi connectivity index (χ3n) is 3.53. The molecule has 0 saturated carbocycles. The van der Waals surface area contributed by atoms with Crippen molar-refractivity contribution in [3.8, 4) is 0 Å². The van der Waals surface area contributed by atoms with Crippen LogP contribution in [-0.2, 0) is 0 Å². The summed E-state index contributed by atoms with van der Waals surface area (Å²) in [4.78, 5) is 12.6. The van der Waals surface area contributed by atoms with Gasteiger partial charge in [-0.15, -0.1) is 0 Å². The van der Waals surface area contributed by atoms with E-state index in [0.29, 0.717) is 5.02 Å². The lowest BCUT2D eigenvalue weighted by molar-refractivity contribution is 0.0955. The predicted octanol–water partition coefficient (Wildman–Crippen LogP) is 4.12. The van der Waals surface area contributed by atoms with Crippen LogP contribution in [0.1, 0.15) is 28.3 Å². The van der Waals surface area contributed by atoms with Crippen molar-refractivity contribution in [1.29, 1.82) is 0 Å². The summed E-state index contributed by atoms with van der Waals surface area (Å²) in [6.45, 7) is 0.834. The number of halogens is 1. The summed E-state index contributed by atoms with van der Waals surface area (Å²) in [5.74, 6) is 0.115. The normalized spacial score (nSPS) is 17.4. The first-order valence-electron chi connectivity index (χ1n) is 6.38. The molecule has 0 aliphatic carbocycles. The lowest BCUT2D eigenvalue weighted by atomic mass is 9.85. The molecular formula is C16H14ClNO. The number of nitrogens with one attached hydrogen (secondary N) is 1. The van der Waals surface area contributed by atoms with E-state index in [4.69, 9.17) is 11.6 Å². The van der Waals surface area contributed by atoms with E-state index < -0.39 is 0 Å². The smallest absolute Gasteiger partial charge is 0.170 e. The summed E-state index contributed by atoms with van der Waals surface area (Å²) in [5.41, 5.74) is 2.89. The molecule has 1 aliphatic heterocycles. The Morgan fingerprint density at radius 2 is 1.84 bits per heavy atom. The van der Waals surface area contributed by atoms with Crippen LogP contribution < -0.4 is 5.32 Å². The number of para-hydroxylation sites is 1. The molecule has 1 aliphatic rings. The van der Waals surface area contributed by atoms with Crippen LogP contribution in [0.3, 0.4) is 0 Å². The van der Waals surface area contributed by atoms with Gasteiger partial charge in [0.05, 0.1) is 5.92 Å². The molecule has 0 bridgehead atoms. The molecule has 3 rings (SSSR count). The Morgan fingerprint density at radius 1 is 1.11 bits per heavy atom. The highest BCUT2D eigenvalue weighted by atomic mass is 35.5. The van der Waals surface area contributed by atoms with Crippen LogP contribution in [0.5, 0.6) is 0 Å². The molecule has 1 N–H and O–H groups in total. The first-order chi connectivity index (χ1) is 9.25. The monoisotopic (exact) mass is 271 g/mol. The van der Waals surface area contributed by atoms with Crippen LogP contribution in [0.2, 0.25) is 5.02 Å². The van der Waals surface area contributed by atoms with E-state index in [2.05, 4.69) is 5.32 Å². The van der Waals surface area contributed by atoms with E-state index in [0.717, 1.165) is 29.8 Å². The van der Waals surface area contributed by atoms with Gasteiger partial charge in [0.1, 0.15) is 0 Å². The van der Waals surface area contributed by atoms with Gasteiger partial charge in [-0.1, -0.05) is 29.8 Å². The van der Waals surface area contributed by atoms with Crippen LogP contribution >= 0.6 is 11.6 Å². The summed E-state index contributed by atoms with van der Waals surface area (Å²) < 4.78 is 0. The molecule has 0 spiro atoms. The Balaban J connectivity index is 1.95. The molecule has 0 saturated heterocycles. The third-order valence-corrected chi connectivity index (χ3v) is 3.78. The van der Waals surface area contributed by atoms with Gasteiger partial charge in [0, 0.05) is 22.8 Å². The maximum Gasteiger partial charge on any atom is 0.170 e. The van der Waals surface area contributed by atoms with E-state index in [1.165, 1.54) is 0 Å². The minimum absolute atomic E-state index is 0.0568. The maximum atomic E-state index is 12.6. The molecule has 2 aromatic rings. The first-order valence-corrected chi connectivity index (χ1v) is 6.76. The number of rotatable bonds is 2. The number of anilines is 1. The number of Topliss-reactive ketones (excluding diaryl/α,β-unsaturated/α-hetero) is 1. The molecule has 1 heterocycles. The van der Waals surface area contributed by atoms with Crippen molar-refractivity contribution in [3.63, 3.8) is 0 Å². The molecule has 0 amide bonds. The first kappa shape index (κ1) is 12.2. The van der Waals surface area contributed by atoms with Gasteiger partial charge >= 0.3 is 0 Å². The van der Waals surface area contributed by atoms with Gasteiger partial charge in [0.15, 0.2) is 5.78 Å². The van der Waals surface area contributed by atoms with Gasteiger partial charge in [-0.05, 0) is 42.3 Å². The van der Waals surface area contributed by atoms with Crippen molar-refractivity contribution in [2.24, 2.45) is 0 Å². The zero-order valence-corrected chi connectivity index (χ0v) is 11.2. The van der Waals surface area contributed by atoms with Crippen molar-refractivity contribution in [2.75, 3.05) is 11.9 Å². The van der Waals surface area contributed by atoms with Gasteiger partial charge in [0.2, 0.25) is 0 Å². The highest BCUT2D eigenvalue weighted by Gasteiger charge is 2.26. The van der Waals surface area contributed by atoms with E-state index in [9.17, 15) is 4.79 Å². The zero-order valence-electron chi connectivity index (χ0n) is 10.4. The van der Waals surface area contributed by atoms with Gasteiger partial charge in [-0.3, -0.25) is 4.79 Å². The fourth-order valence-corrected chi connectivity index (χ4v) is 2.68. The second kappa shape index (κ2) is 5.06. The number of benzene rings is 2. The molecule has 2 aromatic carbocycles. The quantitative estimate of drug-likeness (QED) is 0.833. The summed E-state index contributed by atoms with van der Waals surface area (Å²) in [5, 5.41) is 3.99. The fraction of sp³-hybridized carbons (Fsp3) is 0.188. The van der Waals surface area contributed by atoms with Crippen LogP contribution in [0.15, 0.2) is 48.5 Å². The minimum atomic E-state index is -0.0568. The molecule has 0 aromatic heterocycles. The minimum Gasteiger partial charge on any atom is -0.385 e. The van der Waals surface area contributed by atoms with Crippen LogP contribution in [-0.4, -0.2) is 12.3 Å². The van der Waals surface area contributed by atoms with E-state index >= 15 is 0 Å². The van der Waals surface area contributed by atoms with Gasteiger partial charge in [-0.25, -0.2) is 0 Å². The molecule has 96 valence electrons. The van der Waals surface area contributed by atoms with Crippen molar-refractivity contribution in [3.05, 3.63) is 64.7 Å². The second-order valence-electron chi connectivity index (χ2n) is 4.73. The Bertz CT molecular complexity index is 606. The fourth-order valence-electron chi connectivity index (χ4n) is 2.56. The van der Waals surface area contributed by atoms with Gasteiger partial charge in [0.25, 0.3) is 0 Å². The van der Waals surface area contributed by atoms with E-state index in [-0.39, 0.29) is 11.7 Å². The largest absolute Gasteiger partial charge is 0.385 e. The molecule has 0 fully saturated rings. The van der Waals surface area contributed by atoms with E-state index in [1.54, 1.807) is 24.3 Å². The highest BCUT2D eigenvalue weighted by Crippen LogP contribution is 2.33. The number of hydrogen-bond donors (Lipinski definition) is 1. The van der Waals surface area contributed by atoms with Crippen molar-refractivity contribution < 1.29 is 4.79 Å². The lowest BCUT2D eigenvalue weighted by Gasteiger charge is -2.25. The summed E-state index contributed by atoms with van der Waals surface area (Å²) >= 11 is 5.86. The molecule has 2 nitrogen and oxygen atoms in total. The molecular weight excluding hydrogens is 258 g/mol. The Labute approximate surface area is 117 Å². The van der Waals surface area contributed by atoms with E-state index in [1.807, 2.05) is 24.3 Å². The maximum absolute atomic E-state index is 12.6. The Kier molecular flexibility index (Phi) is 3.26. The molecule has 0 radical (unpaired) electrons. The number of hydrogen-bond acceptors (Lipinski definition) is 2. The third kappa shape index (κ3) is 2.36. The summed E-state index contributed by atoms with van der Waals surface area (Å²) in [6.07, 6.45) is 0.832. The molecule has 3 heteroatoms. The van der Waals surface area contributed by atoms with Crippen molar-refractivity contribution in [1.82, 2.24) is 0 Å². The molecule has 19 heavy (non-hydrogen) atoms. The second-order valence-corrected chi connectivity index (χ2v) is 5.16. The number of fused-ring (bicyclic) bond motifs is 1. The summed E-state index contributed by atoms with van der Waals surface area (Å²) in [6, 6.07) is 15.2. The zero-order chi connectivity index (χ0) is 13.2. The lowest BCUT2D eigenvalue weighted by Crippen LogP contribution is -2.23. The standard InChI is InChI=1S/C16H14ClNO/c17-12-7-5-11(6-8-12)16(19)14-9-10-18-15-4-2-1-3-13(14)15/h1-8,14,18H,9-10H2. The van der Waals surface area contributed by atoms with Crippen LogP contribution in [0.4, 0.5) is 5.69 Å². The van der Waals surface area contributed by atoms with Crippen LogP contribution in [0, 0.1) is 0 Å². The predicted molar refractivity (Wildman–Crippen MR) is 78.1 cm³/mol. The van der Waals surface area contributed by atoms with Gasteiger partial charge in [-0.2, -0.15) is 0 Å². The SMILES string of the molecule is O=C(c1ccc(Cl)cc1)C1CCNc2ccccc21. The molecule has 1 atom stereocenters. The highest BCUT2D eigenvalue weighted by molar-refractivity contribution is 6.30.